The summed E-state index contributed by atoms with van der Waals surface area (Å²) in [5, 5.41) is 12.1. The number of carboxylic acid groups (broad SMARTS) is 1. The van der Waals surface area contributed by atoms with Gasteiger partial charge in [-0.3, -0.25) is 9.59 Å². The van der Waals surface area contributed by atoms with Gasteiger partial charge in [-0.1, -0.05) is 12.1 Å². The highest BCUT2D eigenvalue weighted by Crippen LogP contribution is 2.45. The highest BCUT2D eigenvalue weighted by atomic mass is 32.2. The molecule has 1 saturated carbocycles. The van der Waals surface area contributed by atoms with E-state index in [9.17, 15) is 18.0 Å². The second-order valence-corrected chi connectivity index (χ2v) is 9.56. The van der Waals surface area contributed by atoms with Gasteiger partial charge in [0.2, 0.25) is 0 Å². The molecular formula is C19H25NO5S. The Kier molecular flexibility index (Phi) is 5.48. The van der Waals surface area contributed by atoms with Gasteiger partial charge in [0.15, 0.2) is 21.4 Å². The van der Waals surface area contributed by atoms with Crippen molar-refractivity contribution in [3.63, 3.8) is 0 Å². The van der Waals surface area contributed by atoms with Gasteiger partial charge in [0, 0.05) is 11.5 Å². The van der Waals surface area contributed by atoms with Crippen molar-refractivity contribution in [2.45, 2.75) is 43.4 Å². The van der Waals surface area contributed by atoms with Crippen LogP contribution in [0.5, 0.6) is 0 Å². The summed E-state index contributed by atoms with van der Waals surface area (Å²) in [5.41, 5.74) is 0.733. The Morgan fingerprint density at radius 3 is 2.38 bits per heavy atom. The number of sulfone groups is 1. The Balaban J connectivity index is 1.71. The van der Waals surface area contributed by atoms with Crippen LogP contribution in [0.2, 0.25) is 0 Å². The molecule has 2 aliphatic rings. The minimum Gasteiger partial charge on any atom is -0.480 e. The molecule has 6 nitrogen and oxygen atoms in total. The third-order valence-electron chi connectivity index (χ3n) is 5.87. The smallest absolute Gasteiger partial charge is 0.319 e. The van der Waals surface area contributed by atoms with Gasteiger partial charge < -0.3 is 10.4 Å². The zero-order valence-electron chi connectivity index (χ0n) is 14.7. The molecule has 1 aliphatic carbocycles. The van der Waals surface area contributed by atoms with Gasteiger partial charge in [-0.2, -0.15) is 0 Å². The second kappa shape index (κ2) is 7.48. The minimum atomic E-state index is -3.93. The van der Waals surface area contributed by atoms with Gasteiger partial charge in [0.05, 0.1) is 4.90 Å². The lowest BCUT2D eigenvalue weighted by Crippen LogP contribution is -2.40. The monoisotopic (exact) mass is 379 g/mol. The third kappa shape index (κ3) is 4.15. The summed E-state index contributed by atoms with van der Waals surface area (Å²) in [6.07, 6.45) is 6.09. The molecule has 0 atom stereocenters. The Bertz CT molecular complexity index is 786. The summed E-state index contributed by atoms with van der Waals surface area (Å²) in [4.78, 5) is 23.5. The fourth-order valence-electron chi connectivity index (χ4n) is 4.27. The predicted molar refractivity (Wildman–Crippen MR) is 97.0 cm³/mol. The molecular weight excluding hydrogens is 354 g/mol. The molecule has 2 fully saturated rings. The number of nitrogens with one attached hydrogen (secondary N) is 1. The Hall–Kier alpha value is -1.73. The summed E-state index contributed by atoms with van der Waals surface area (Å²) < 4.78 is 24.2. The van der Waals surface area contributed by atoms with Crippen LogP contribution in [0.15, 0.2) is 29.2 Å². The maximum absolute atomic E-state index is 12.8. The number of hydrogen-bond donors (Lipinski definition) is 2. The van der Waals surface area contributed by atoms with E-state index < -0.39 is 21.6 Å². The van der Waals surface area contributed by atoms with Gasteiger partial charge >= 0.3 is 5.97 Å². The van der Waals surface area contributed by atoms with Crippen molar-refractivity contribution in [2.75, 3.05) is 18.8 Å². The molecule has 1 aromatic rings. The average molecular weight is 379 g/mol. The number of aliphatic carboxylic acids is 1. The van der Waals surface area contributed by atoms with Crippen molar-refractivity contribution in [3.05, 3.63) is 29.8 Å². The van der Waals surface area contributed by atoms with E-state index in [1.54, 1.807) is 6.07 Å². The first-order valence-corrected chi connectivity index (χ1v) is 10.8. The quantitative estimate of drug-likeness (QED) is 0.761. The topological polar surface area (TPSA) is 101 Å². The number of rotatable bonds is 5. The van der Waals surface area contributed by atoms with Gasteiger partial charge in [-0.15, -0.1) is 0 Å². The number of piperidine rings is 1. The lowest BCUT2D eigenvalue weighted by Gasteiger charge is -2.42. The van der Waals surface area contributed by atoms with Crippen molar-refractivity contribution in [2.24, 2.45) is 11.3 Å². The van der Waals surface area contributed by atoms with Gasteiger partial charge in [0.1, 0.15) is 0 Å². The molecule has 0 aromatic heterocycles. The van der Waals surface area contributed by atoms with Crippen LogP contribution in [0.3, 0.4) is 0 Å². The summed E-state index contributed by atoms with van der Waals surface area (Å²) >= 11 is 0. The molecule has 1 spiro atoms. The van der Waals surface area contributed by atoms with E-state index in [1.165, 1.54) is 18.2 Å². The largest absolute Gasteiger partial charge is 0.480 e. The number of carbonyl (C=O) groups excluding carboxylic acids is 1. The highest BCUT2D eigenvalue weighted by Gasteiger charge is 2.38. The molecule has 3 rings (SSSR count). The molecule has 2 N–H and O–H groups in total. The van der Waals surface area contributed by atoms with E-state index in [0.29, 0.717) is 11.0 Å². The van der Waals surface area contributed by atoms with Gasteiger partial charge in [-0.05, 0) is 69.2 Å². The number of carboxylic acids is 1. The Labute approximate surface area is 153 Å². The standard InChI is InChI=1S/C19H25NO5S/c21-17(22)13-26(24,25)16-3-1-2-15(12-16)18(23)14-4-6-19(7-5-14)8-10-20-11-9-19/h1-3,12,14,20H,4-11,13H2,(H,21,22). The van der Waals surface area contributed by atoms with Gasteiger partial charge in [0.25, 0.3) is 0 Å². The molecule has 142 valence electrons. The number of carbonyl (C=O) groups is 2. The van der Waals surface area contributed by atoms with Crippen LogP contribution in [0.4, 0.5) is 0 Å². The van der Waals surface area contributed by atoms with E-state index in [0.717, 1.165) is 51.6 Å². The zero-order valence-corrected chi connectivity index (χ0v) is 15.6. The summed E-state index contributed by atoms with van der Waals surface area (Å²) in [6, 6.07) is 5.81. The zero-order chi connectivity index (χ0) is 18.8. The molecule has 0 bridgehead atoms. The van der Waals surface area contributed by atoms with Crippen molar-refractivity contribution in [1.82, 2.24) is 5.32 Å². The van der Waals surface area contributed by atoms with E-state index >= 15 is 0 Å². The molecule has 26 heavy (non-hydrogen) atoms. The lowest BCUT2D eigenvalue weighted by molar-refractivity contribution is -0.134. The SMILES string of the molecule is O=C(O)CS(=O)(=O)c1cccc(C(=O)C2CCC3(CCNCC3)CC2)c1. The van der Waals surface area contributed by atoms with Crippen LogP contribution in [0.1, 0.15) is 48.9 Å². The summed E-state index contributed by atoms with van der Waals surface area (Å²) in [6.45, 7) is 2.09. The van der Waals surface area contributed by atoms with Crippen LogP contribution in [0.25, 0.3) is 0 Å². The molecule has 0 radical (unpaired) electrons. The number of Topliss-reactive ketones (excluding diaryl/α,β-unsaturated/α-hetero) is 1. The van der Waals surface area contributed by atoms with Crippen LogP contribution >= 0.6 is 0 Å². The van der Waals surface area contributed by atoms with Crippen molar-refractivity contribution < 1.29 is 23.1 Å². The fourth-order valence-corrected chi connectivity index (χ4v) is 5.36. The first kappa shape index (κ1) is 19.0. The number of benzene rings is 1. The maximum atomic E-state index is 12.8. The van der Waals surface area contributed by atoms with Crippen LogP contribution < -0.4 is 5.32 Å². The lowest BCUT2D eigenvalue weighted by atomic mass is 9.65. The molecule has 1 aliphatic heterocycles. The molecule has 0 amide bonds. The first-order valence-electron chi connectivity index (χ1n) is 9.11. The Morgan fingerprint density at radius 1 is 1.12 bits per heavy atom. The fraction of sp³-hybridized carbons (Fsp3) is 0.579. The molecule has 1 aromatic carbocycles. The number of ketones is 1. The Morgan fingerprint density at radius 2 is 1.77 bits per heavy atom. The average Bonchev–Trinajstić information content (AvgIpc) is 2.62. The molecule has 0 unspecified atom stereocenters. The molecule has 1 heterocycles. The summed E-state index contributed by atoms with van der Waals surface area (Å²) in [5.74, 6) is -2.47. The highest BCUT2D eigenvalue weighted by molar-refractivity contribution is 7.92. The predicted octanol–water partition coefficient (Wildman–Crippen LogP) is 2.29. The number of hydrogen-bond acceptors (Lipinski definition) is 5. The second-order valence-electron chi connectivity index (χ2n) is 7.57. The maximum Gasteiger partial charge on any atom is 0.319 e. The van der Waals surface area contributed by atoms with Crippen LogP contribution in [0, 0.1) is 11.3 Å². The van der Waals surface area contributed by atoms with E-state index in [4.69, 9.17) is 5.11 Å². The van der Waals surface area contributed by atoms with Gasteiger partial charge in [-0.25, -0.2) is 8.42 Å². The van der Waals surface area contributed by atoms with Crippen LogP contribution in [-0.2, 0) is 14.6 Å². The van der Waals surface area contributed by atoms with Crippen molar-refractivity contribution in [3.8, 4) is 0 Å². The van der Waals surface area contributed by atoms with Crippen molar-refractivity contribution >= 4 is 21.6 Å². The third-order valence-corrected chi connectivity index (χ3v) is 7.47. The van der Waals surface area contributed by atoms with E-state index in [-0.39, 0.29) is 16.6 Å². The molecule has 7 heteroatoms. The minimum absolute atomic E-state index is 0.0267. The van der Waals surface area contributed by atoms with Crippen LogP contribution in [-0.4, -0.2) is 44.1 Å². The van der Waals surface area contributed by atoms with Crippen molar-refractivity contribution in [1.29, 1.82) is 0 Å². The first-order chi connectivity index (χ1) is 12.3. The summed E-state index contributed by atoms with van der Waals surface area (Å²) in [7, 11) is -3.93. The van der Waals surface area contributed by atoms with E-state index in [1.807, 2.05) is 0 Å². The molecule has 1 saturated heterocycles. The normalized spacial score (nSPS) is 20.8. The van der Waals surface area contributed by atoms with E-state index in [2.05, 4.69) is 5.32 Å².